The molecule has 2 unspecified atom stereocenters. The number of alkyl halides is 3. The van der Waals surface area contributed by atoms with Crippen LogP contribution >= 0.6 is 23.5 Å². The third kappa shape index (κ3) is 3.85. The van der Waals surface area contributed by atoms with Crippen molar-refractivity contribution in [3.63, 3.8) is 0 Å². The van der Waals surface area contributed by atoms with Crippen molar-refractivity contribution < 1.29 is 17.9 Å². The van der Waals surface area contributed by atoms with E-state index in [-0.39, 0.29) is 11.1 Å². The smallest absolute Gasteiger partial charge is 0.377 e. The van der Waals surface area contributed by atoms with E-state index in [9.17, 15) is 18.4 Å². The largest absolute Gasteiger partial charge is 0.416 e. The number of aliphatic imine (C=N–C) groups is 1. The Morgan fingerprint density at radius 1 is 1.18 bits per heavy atom. The minimum absolute atomic E-state index is 0.0369. The standard InChI is InChI=1S/C23H20F3N5OS2/c24-23(25,26)15-2-1-13(14(7-15)9-27)12-33-21-28-22(5-6-22)18-8-19(29-30-20(18)34-21)31-16-3-4-17(31)11-32-10-16/h1-2,7-8,16-17H,3-6,10-12H2. The average Bonchev–Trinajstić information content (AvgIpc) is 3.54. The van der Waals surface area contributed by atoms with Gasteiger partial charge < -0.3 is 9.64 Å². The molecule has 6 nitrogen and oxygen atoms in total. The van der Waals surface area contributed by atoms with E-state index in [2.05, 4.69) is 21.2 Å². The lowest BCUT2D eigenvalue weighted by Gasteiger charge is -2.36. The number of nitrogens with zero attached hydrogens (tertiary/aromatic N) is 5. The van der Waals surface area contributed by atoms with Gasteiger partial charge in [-0.15, -0.1) is 10.2 Å². The van der Waals surface area contributed by atoms with Crippen molar-refractivity contribution in [3.05, 3.63) is 46.5 Å². The van der Waals surface area contributed by atoms with Crippen LogP contribution in [-0.4, -0.2) is 39.9 Å². The van der Waals surface area contributed by atoms with Crippen molar-refractivity contribution in [2.45, 2.75) is 60.3 Å². The molecule has 1 spiro atoms. The zero-order chi connectivity index (χ0) is 23.5. The molecule has 2 aromatic rings. The maximum Gasteiger partial charge on any atom is 0.416 e. The highest BCUT2D eigenvalue weighted by atomic mass is 32.2. The lowest BCUT2D eigenvalue weighted by Crippen LogP contribution is -2.46. The van der Waals surface area contributed by atoms with E-state index in [0.717, 1.165) is 71.8 Å². The number of anilines is 1. The second-order valence-electron chi connectivity index (χ2n) is 9.03. The van der Waals surface area contributed by atoms with Crippen molar-refractivity contribution in [1.29, 1.82) is 5.26 Å². The molecule has 2 bridgehead atoms. The number of thioether (sulfide) groups is 2. The van der Waals surface area contributed by atoms with Crippen molar-refractivity contribution >= 4 is 33.7 Å². The number of hydrogen-bond acceptors (Lipinski definition) is 8. The van der Waals surface area contributed by atoms with Gasteiger partial charge in [0.15, 0.2) is 5.82 Å². The number of halogens is 3. The third-order valence-electron chi connectivity index (χ3n) is 6.88. The van der Waals surface area contributed by atoms with E-state index in [4.69, 9.17) is 9.73 Å². The summed E-state index contributed by atoms with van der Waals surface area (Å²) in [5.41, 5.74) is 0.619. The zero-order valence-corrected chi connectivity index (χ0v) is 19.6. The van der Waals surface area contributed by atoms with Gasteiger partial charge in [0.25, 0.3) is 0 Å². The quantitative estimate of drug-likeness (QED) is 0.576. The van der Waals surface area contributed by atoms with Crippen LogP contribution in [0.4, 0.5) is 19.0 Å². The second kappa shape index (κ2) is 8.14. The van der Waals surface area contributed by atoms with Crippen LogP contribution in [-0.2, 0) is 22.2 Å². The molecular weight excluding hydrogens is 483 g/mol. The first-order chi connectivity index (χ1) is 16.4. The van der Waals surface area contributed by atoms with Crippen molar-refractivity contribution in [2.75, 3.05) is 18.1 Å². The van der Waals surface area contributed by atoms with Crippen LogP contribution in [0.15, 0.2) is 34.3 Å². The molecule has 1 aromatic heterocycles. The van der Waals surface area contributed by atoms with Crippen LogP contribution in [0.1, 0.15) is 47.9 Å². The van der Waals surface area contributed by atoms with Gasteiger partial charge in [0.1, 0.15) is 9.40 Å². The second-order valence-corrected chi connectivity index (χ2v) is 11.2. The van der Waals surface area contributed by atoms with Gasteiger partial charge in [-0.25, -0.2) is 0 Å². The Bertz CT molecular complexity index is 1210. The number of fused-ring (bicyclic) bond motifs is 4. The van der Waals surface area contributed by atoms with E-state index in [0.29, 0.717) is 23.4 Å². The Morgan fingerprint density at radius 2 is 1.94 bits per heavy atom. The first-order valence-corrected chi connectivity index (χ1v) is 12.9. The Morgan fingerprint density at radius 3 is 2.62 bits per heavy atom. The maximum atomic E-state index is 13.0. The molecule has 0 radical (unpaired) electrons. The van der Waals surface area contributed by atoms with Gasteiger partial charge in [-0.05, 0) is 61.2 Å². The van der Waals surface area contributed by atoms with E-state index in [1.165, 1.54) is 29.6 Å². The fourth-order valence-electron chi connectivity index (χ4n) is 4.93. The highest BCUT2D eigenvalue weighted by molar-refractivity contribution is 8.38. The van der Waals surface area contributed by atoms with Gasteiger partial charge in [0, 0.05) is 11.3 Å². The van der Waals surface area contributed by atoms with Crippen LogP contribution in [0.5, 0.6) is 0 Å². The van der Waals surface area contributed by atoms with Gasteiger partial charge in [-0.2, -0.15) is 18.4 Å². The van der Waals surface area contributed by atoms with Gasteiger partial charge >= 0.3 is 6.18 Å². The van der Waals surface area contributed by atoms with Gasteiger partial charge in [-0.3, -0.25) is 4.99 Å². The third-order valence-corrected chi connectivity index (χ3v) is 9.03. The van der Waals surface area contributed by atoms with Crippen LogP contribution in [0.3, 0.4) is 0 Å². The normalized spacial score (nSPS) is 24.5. The number of hydrogen-bond donors (Lipinski definition) is 0. The lowest BCUT2D eigenvalue weighted by molar-refractivity contribution is -0.137. The molecule has 0 amide bonds. The number of ether oxygens (including phenoxy) is 1. The number of aromatic nitrogens is 2. The molecule has 3 fully saturated rings. The molecule has 1 aromatic carbocycles. The summed E-state index contributed by atoms with van der Waals surface area (Å²) in [5.74, 6) is 1.26. The van der Waals surface area contributed by atoms with Crippen molar-refractivity contribution in [3.8, 4) is 6.07 Å². The van der Waals surface area contributed by atoms with Crippen molar-refractivity contribution in [2.24, 2.45) is 4.99 Å². The molecule has 176 valence electrons. The topological polar surface area (TPSA) is 74.4 Å². The number of nitriles is 1. The molecule has 4 heterocycles. The number of benzene rings is 1. The Balaban J connectivity index is 1.21. The highest BCUT2D eigenvalue weighted by Crippen LogP contribution is 2.56. The summed E-state index contributed by atoms with van der Waals surface area (Å²) in [5, 5.41) is 19.3. The molecule has 6 rings (SSSR count). The molecule has 11 heteroatoms. The molecule has 2 atom stereocenters. The van der Waals surface area contributed by atoms with E-state index in [1.54, 1.807) is 0 Å². The van der Waals surface area contributed by atoms with Crippen LogP contribution in [0.25, 0.3) is 0 Å². The molecule has 1 aliphatic carbocycles. The summed E-state index contributed by atoms with van der Waals surface area (Å²) in [6, 6.07) is 8.06. The highest BCUT2D eigenvalue weighted by Gasteiger charge is 2.50. The Kier molecular flexibility index (Phi) is 5.31. The predicted molar refractivity (Wildman–Crippen MR) is 124 cm³/mol. The SMILES string of the molecule is N#Cc1cc(C(F)(F)F)ccc1CSC1=NC2(CC2)c2cc(N3C4CCC3COC4)nnc2S1. The summed E-state index contributed by atoms with van der Waals surface area (Å²) in [7, 11) is 0. The molecule has 1 saturated carbocycles. The van der Waals surface area contributed by atoms with E-state index >= 15 is 0 Å². The van der Waals surface area contributed by atoms with Crippen LogP contribution in [0.2, 0.25) is 0 Å². The summed E-state index contributed by atoms with van der Waals surface area (Å²) >= 11 is 2.87. The Labute approximate surface area is 203 Å². The van der Waals surface area contributed by atoms with Crippen molar-refractivity contribution in [1.82, 2.24) is 10.2 Å². The molecular formula is C23H20F3N5OS2. The summed E-state index contributed by atoms with van der Waals surface area (Å²) < 4.78 is 45.4. The van der Waals surface area contributed by atoms with Gasteiger partial charge in [-0.1, -0.05) is 17.8 Å². The van der Waals surface area contributed by atoms with E-state index < -0.39 is 11.7 Å². The van der Waals surface area contributed by atoms with Crippen LogP contribution in [0, 0.1) is 11.3 Å². The lowest BCUT2D eigenvalue weighted by atomic mass is 10.1. The first-order valence-electron chi connectivity index (χ1n) is 11.1. The van der Waals surface area contributed by atoms with Crippen LogP contribution < -0.4 is 4.90 Å². The first kappa shape index (κ1) is 22.2. The summed E-state index contributed by atoms with van der Waals surface area (Å²) in [6.07, 6.45) is -0.375. The average molecular weight is 504 g/mol. The van der Waals surface area contributed by atoms with Gasteiger partial charge in [0.2, 0.25) is 0 Å². The molecule has 2 saturated heterocycles. The monoisotopic (exact) mass is 503 g/mol. The number of morpholine rings is 1. The van der Waals surface area contributed by atoms with E-state index in [1.807, 2.05) is 6.07 Å². The molecule has 0 N–H and O–H groups in total. The Hall–Kier alpha value is -2.29. The summed E-state index contributed by atoms with van der Waals surface area (Å²) in [6.45, 7) is 1.45. The minimum Gasteiger partial charge on any atom is -0.377 e. The van der Waals surface area contributed by atoms with Gasteiger partial charge in [0.05, 0.1) is 48.0 Å². The zero-order valence-electron chi connectivity index (χ0n) is 18.0. The fraction of sp³-hybridized carbons (Fsp3) is 0.478. The minimum atomic E-state index is -4.47. The predicted octanol–water partition coefficient (Wildman–Crippen LogP) is 5.12. The summed E-state index contributed by atoms with van der Waals surface area (Å²) in [4.78, 5) is 7.36. The molecule has 34 heavy (non-hydrogen) atoms. The fourth-order valence-corrected chi connectivity index (χ4v) is 7.18. The molecule has 4 aliphatic rings. The molecule has 3 aliphatic heterocycles. The number of rotatable bonds is 3. The maximum absolute atomic E-state index is 13.0.